The van der Waals surface area contributed by atoms with Gasteiger partial charge in [0, 0.05) is 11.3 Å². The van der Waals surface area contributed by atoms with Crippen LogP contribution in [0, 0.1) is 6.92 Å². The fraction of sp³-hybridized carbons (Fsp3) is 0.160. The highest BCUT2D eigenvalue weighted by Gasteiger charge is 2.18. The van der Waals surface area contributed by atoms with Gasteiger partial charge >= 0.3 is 6.01 Å². The Morgan fingerprint density at radius 1 is 1.03 bits per heavy atom. The number of carbonyl (C=O) groups is 1. The van der Waals surface area contributed by atoms with Gasteiger partial charge in [-0.15, -0.1) is 16.7 Å². The van der Waals surface area contributed by atoms with Crippen molar-refractivity contribution < 1.29 is 9.53 Å². The van der Waals surface area contributed by atoms with Crippen LogP contribution in [-0.2, 0) is 4.79 Å². The maximum absolute atomic E-state index is 12.5. The van der Waals surface area contributed by atoms with Crippen LogP contribution in [0.1, 0.15) is 23.4 Å². The number of hydrogen-bond acceptors (Lipinski definition) is 4. The second-order valence-electron chi connectivity index (χ2n) is 7.19. The zero-order valence-corrected chi connectivity index (χ0v) is 18.6. The van der Waals surface area contributed by atoms with Gasteiger partial charge in [0.05, 0.1) is 12.3 Å². The fourth-order valence-corrected chi connectivity index (χ4v) is 3.53. The zero-order chi connectivity index (χ0) is 22.5. The molecule has 0 aliphatic heterocycles. The summed E-state index contributed by atoms with van der Waals surface area (Å²) >= 11 is 6.32. The van der Waals surface area contributed by atoms with Crippen LogP contribution in [0.25, 0.3) is 17.1 Å². The van der Waals surface area contributed by atoms with Crippen LogP contribution in [0.2, 0.25) is 0 Å². The third-order valence-corrected chi connectivity index (χ3v) is 5.40. The van der Waals surface area contributed by atoms with Gasteiger partial charge in [0.25, 0.3) is 0 Å². The highest BCUT2D eigenvalue weighted by atomic mass is 35.5. The van der Waals surface area contributed by atoms with E-state index >= 15 is 0 Å². The first-order valence-electron chi connectivity index (χ1n) is 10.3. The molecule has 4 aromatic rings. The largest absolute Gasteiger partial charge is 0.463 e. The van der Waals surface area contributed by atoms with Gasteiger partial charge in [-0.3, -0.25) is 4.79 Å². The summed E-state index contributed by atoms with van der Waals surface area (Å²) in [7, 11) is 0. The first-order valence-corrected chi connectivity index (χ1v) is 10.8. The standard InChI is InChI=1S/C25H23ClN4O2/c1-3-32-25-28-23(21-12-8-7-9-17(21)2)30(29-25)20-15-13-19(14-16-20)27-24(31)22(26)18-10-5-4-6-11-18/h4-16,22H,3H2,1-2H3,(H,27,31)/t22-/m1/s1. The van der Waals surface area contributed by atoms with E-state index in [1.807, 2.05) is 92.7 Å². The molecule has 3 aromatic carbocycles. The van der Waals surface area contributed by atoms with Crippen LogP contribution in [-0.4, -0.2) is 27.3 Å². The number of alkyl halides is 1. The van der Waals surface area contributed by atoms with Crippen molar-refractivity contribution in [3.05, 3.63) is 90.0 Å². The summed E-state index contributed by atoms with van der Waals surface area (Å²) in [6.07, 6.45) is 0. The fourth-order valence-electron chi connectivity index (χ4n) is 3.33. The Balaban J connectivity index is 1.59. The Hall–Kier alpha value is -3.64. The molecule has 1 amide bonds. The number of aromatic nitrogens is 3. The maximum Gasteiger partial charge on any atom is 0.336 e. The number of ether oxygens (including phenoxy) is 1. The number of carbonyl (C=O) groups excluding carboxylic acids is 1. The second-order valence-corrected chi connectivity index (χ2v) is 7.62. The summed E-state index contributed by atoms with van der Waals surface area (Å²) in [5.41, 5.74) is 4.24. The number of rotatable bonds is 7. The average molecular weight is 447 g/mol. The third kappa shape index (κ3) is 4.65. The molecule has 1 heterocycles. The van der Waals surface area contributed by atoms with E-state index < -0.39 is 5.38 Å². The summed E-state index contributed by atoms with van der Waals surface area (Å²) in [5.74, 6) is 0.402. The van der Waals surface area contributed by atoms with E-state index in [0.29, 0.717) is 24.1 Å². The van der Waals surface area contributed by atoms with E-state index in [4.69, 9.17) is 16.3 Å². The third-order valence-electron chi connectivity index (χ3n) is 4.95. The van der Waals surface area contributed by atoms with Gasteiger partial charge < -0.3 is 10.1 Å². The maximum atomic E-state index is 12.5. The molecular formula is C25H23ClN4O2. The summed E-state index contributed by atoms with van der Waals surface area (Å²) < 4.78 is 7.28. The van der Waals surface area contributed by atoms with Crippen molar-refractivity contribution in [1.82, 2.24) is 14.8 Å². The molecule has 0 aliphatic carbocycles. The number of halogens is 1. The lowest BCUT2D eigenvalue weighted by Gasteiger charge is -2.12. The van der Waals surface area contributed by atoms with Gasteiger partial charge in [0.2, 0.25) is 5.91 Å². The Morgan fingerprint density at radius 2 is 1.72 bits per heavy atom. The minimum absolute atomic E-state index is 0.286. The quantitative estimate of drug-likeness (QED) is 0.377. The molecule has 0 bridgehead atoms. The first-order chi connectivity index (χ1) is 15.6. The number of aryl methyl sites for hydroxylation is 1. The van der Waals surface area contributed by atoms with Crippen molar-refractivity contribution in [3.8, 4) is 23.1 Å². The molecule has 0 spiro atoms. The van der Waals surface area contributed by atoms with Crippen molar-refractivity contribution in [2.45, 2.75) is 19.2 Å². The van der Waals surface area contributed by atoms with Crippen LogP contribution in [0.3, 0.4) is 0 Å². The predicted octanol–water partition coefficient (Wildman–Crippen LogP) is 5.56. The molecule has 0 radical (unpaired) electrons. The van der Waals surface area contributed by atoms with Gasteiger partial charge in [-0.1, -0.05) is 54.6 Å². The summed E-state index contributed by atoms with van der Waals surface area (Å²) in [6, 6.07) is 24.9. The van der Waals surface area contributed by atoms with Crippen LogP contribution >= 0.6 is 11.6 Å². The second kappa shape index (κ2) is 9.66. The van der Waals surface area contributed by atoms with E-state index in [1.54, 1.807) is 4.68 Å². The van der Waals surface area contributed by atoms with Gasteiger partial charge in [0.1, 0.15) is 5.38 Å². The van der Waals surface area contributed by atoms with Crippen LogP contribution in [0.15, 0.2) is 78.9 Å². The monoisotopic (exact) mass is 446 g/mol. The molecule has 1 atom stereocenters. The number of hydrogen-bond donors (Lipinski definition) is 1. The number of amides is 1. The van der Waals surface area contributed by atoms with E-state index in [9.17, 15) is 4.79 Å². The smallest absolute Gasteiger partial charge is 0.336 e. The lowest BCUT2D eigenvalue weighted by Crippen LogP contribution is -2.17. The van der Waals surface area contributed by atoms with Gasteiger partial charge in [-0.05, 0) is 49.2 Å². The van der Waals surface area contributed by atoms with Crippen molar-refractivity contribution in [1.29, 1.82) is 0 Å². The minimum atomic E-state index is -0.771. The number of nitrogens with one attached hydrogen (secondary N) is 1. The van der Waals surface area contributed by atoms with Gasteiger partial charge in [-0.2, -0.15) is 4.98 Å². The molecule has 32 heavy (non-hydrogen) atoms. The first kappa shape index (κ1) is 21.6. The normalized spacial score (nSPS) is 11.7. The molecule has 0 unspecified atom stereocenters. The van der Waals surface area contributed by atoms with Crippen molar-refractivity contribution in [2.24, 2.45) is 0 Å². The highest BCUT2D eigenvalue weighted by Crippen LogP contribution is 2.27. The molecule has 1 N–H and O–H groups in total. The van der Waals surface area contributed by atoms with E-state index in [-0.39, 0.29) is 5.91 Å². The zero-order valence-electron chi connectivity index (χ0n) is 17.8. The van der Waals surface area contributed by atoms with Gasteiger partial charge in [0.15, 0.2) is 5.82 Å². The molecule has 6 nitrogen and oxygen atoms in total. The molecule has 4 rings (SSSR count). The lowest BCUT2D eigenvalue weighted by atomic mass is 10.1. The van der Waals surface area contributed by atoms with Crippen molar-refractivity contribution in [2.75, 3.05) is 11.9 Å². The van der Waals surface area contributed by atoms with Crippen LogP contribution in [0.5, 0.6) is 6.01 Å². The molecule has 0 aliphatic rings. The summed E-state index contributed by atoms with van der Waals surface area (Å²) in [6.45, 7) is 4.40. The molecule has 0 saturated heterocycles. The average Bonchev–Trinajstić information content (AvgIpc) is 3.24. The Morgan fingerprint density at radius 3 is 2.41 bits per heavy atom. The summed E-state index contributed by atoms with van der Waals surface area (Å²) in [5, 5.41) is 6.61. The van der Waals surface area contributed by atoms with E-state index in [1.165, 1.54) is 0 Å². The van der Waals surface area contributed by atoms with Crippen molar-refractivity contribution >= 4 is 23.2 Å². The Bertz CT molecular complexity index is 1210. The Kier molecular flexibility index (Phi) is 6.52. The summed E-state index contributed by atoms with van der Waals surface area (Å²) in [4.78, 5) is 17.1. The molecule has 0 saturated carbocycles. The van der Waals surface area contributed by atoms with Crippen LogP contribution < -0.4 is 10.1 Å². The molecular weight excluding hydrogens is 424 g/mol. The topological polar surface area (TPSA) is 69.0 Å². The van der Waals surface area contributed by atoms with Gasteiger partial charge in [-0.25, -0.2) is 4.68 Å². The highest BCUT2D eigenvalue weighted by molar-refractivity contribution is 6.32. The number of benzene rings is 3. The van der Waals surface area contributed by atoms with Crippen molar-refractivity contribution in [3.63, 3.8) is 0 Å². The number of anilines is 1. The molecule has 162 valence electrons. The predicted molar refractivity (Wildman–Crippen MR) is 126 cm³/mol. The van der Waals surface area contributed by atoms with Crippen LogP contribution in [0.4, 0.5) is 5.69 Å². The van der Waals surface area contributed by atoms with E-state index in [0.717, 1.165) is 22.4 Å². The minimum Gasteiger partial charge on any atom is -0.463 e. The SMILES string of the molecule is CCOc1nc(-c2ccccc2C)n(-c2ccc(NC(=O)[C@H](Cl)c3ccccc3)cc2)n1. The molecule has 7 heteroatoms. The Labute approximate surface area is 191 Å². The lowest BCUT2D eigenvalue weighted by molar-refractivity contribution is -0.116. The van der Waals surface area contributed by atoms with E-state index in [2.05, 4.69) is 15.4 Å². The molecule has 0 fully saturated rings. The molecule has 1 aromatic heterocycles. The number of nitrogens with zero attached hydrogens (tertiary/aromatic N) is 3.